The number of thiophene rings is 1. The van der Waals surface area contributed by atoms with Crippen LogP contribution in [0.5, 0.6) is 0 Å². The third kappa shape index (κ3) is 4.54. The second kappa shape index (κ2) is 8.49. The first-order chi connectivity index (χ1) is 14.7. The zero-order valence-electron chi connectivity index (χ0n) is 17.4. The van der Waals surface area contributed by atoms with Crippen LogP contribution < -0.4 is 10.2 Å². The molecule has 1 aliphatic rings. The maximum Gasteiger partial charge on any atom is 0.433 e. The third-order valence-corrected chi connectivity index (χ3v) is 7.03. The van der Waals surface area contributed by atoms with Gasteiger partial charge in [0.05, 0.1) is 10.4 Å². The number of nitrogens with zero attached hydrogens (tertiary/aromatic N) is 2. The van der Waals surface area contributed by atoms with E-state index in [0.29, 0.717) is 16.6 Å². The summed E-state index contributed by atoms with van der Waals surface area (Å²) in [5.74, 6) is -0.0424. The van der Waals surface area contributed by atoms with Gasteiger partial charge in [-0.2, -0.15) is 13.2 Å². The van der Waals surface area contributed by atoms with Gasteiger partial charge in [-0.15, -0.1) is 11.3 Å². The molecule has 8 heteroatoms. The Kier molecular flexibility index (Phi) is 5.92. The van der Waals surface area contributed by atoms with Gasteiger partial charge in [0.2, 0.25) is 0 Å². The van der Waals surface area contributed by atoms with Crippen LogP contribution in [-0.2, 0) is 6.18 Å². The smallest absolute Gasteiger partial charge is 0.371 e. The molecule has 4 nitrogen and oxygen atoms in total. The van der Waals surface area contributed by atoms with E-state index in [1.165, 1.54) is 11.3 Å². The molecule has 0 spiro atoms. The monoisotopic (exact) mass is 447 g/mol. The van der Waals surface area contributed by atoms with E-state index in [1.54, 1.807) is 12.1 Å². The number of fused-ring (bicyclic) bond motifs is 1. The van der Waals surface area contributed by atoms with Crippen molar-refractivity contribution in [2.24, 2.45) is 0 Å². The average Bonchev–Trinajstić information content (AvgIpc) is 3.18. The van der Waals surface area contributed by atoms with Crippen LogP contribution >= 0.6 is 11.3 Å². The molecule has 164 valence electrons. The highest BCUT2D eigenvalue weighted by atomic mass is 32.1. The van der Waals surface area contributed by atoms with Gasteiger partial charge in [0.1, 0.15) is 5.69 Å². The summed E-state index contributed by atoms with van der Waals surface area (Å²) in [5, 5.41) is 5.73. The molecule has 3 aromatic rings. The van der Waals surface area contributed by atoms with Crippen molar-refractivity contribution in [3.05, 3.63) is 57.9 Å². The van der Waals surface area contributed by atoms with Crippen molar-refractivity contribution < 1.29 is 18.0 Å². The number of alkyl halides is 3. The minimum Gasteiger partial charge on any atom is -0.371 e. The van der Waals surface area contributed by atoms with Gasteiger partial charge in [-0.3, -0.25) is 4.79 Å². The van der Waals surface area contributed by atoms with E-state index in [4.69, 9.17) is 0 Å². The molecule has 1 saturated carbocycles. The van der Waals surface area contributed by atoms with Gasteiger partial charge >= 0.3 is 6.18 Å². The van der Waals surface area contributed by atoms with E-state index < -0.39 is 11.9 Å². The van der Waals surface area contributed by atoms with E-state index in [1.807, 2.05) is 42.5 Å². The molecular weight excluding hydrogens is 423 g/mol. The lowest BCUT2D eigenvalue weighted by molar-refractivity contribution is -0.140. The van der Waals surface area contributed by atoms with Crippen molar-refractivity contribution in [2.75, 3.05) is 11.9 Å². The van der Waals surface area contributed by atoms with Gasteiger partial charge in [-0.25, -0.2) is 4.98 Å². The zero-order chi connectivity index (χ0) is 22.2. The molecule has 2 heterocycles. The summed E-state index contributed by atoms with van der Waals surface area (Å²) in [6, 6.07) is 10.2. The summed E-state index contributed by atoms with van der Waals surface area (Å²) in [5.41, 5.74) is 0.979. The van der Waals surface area contributed by atoms with Crippen LogP contribution in [0.2, 0.25) is 0 Å². The molecule has 1 aliphatic carbocycles. The average molecular weight is 448 g/mol. The third-order valence-electron chi connectivity index (χ3n) is 6.01. The molecule has 1 amide bonds. The lowest BCUT2D eigenvalue weighted by atomic mass is 9.89. The molecule has 0 saturated heterocycles. The Balaban J connectivity index is 1.49. The van der Waals surface area contributed by atoms with Gasteiger partial charge in [-0.05, 0) is 61.7 Å². The number of hydrogen-bond acceptors (Lipinski definition) is 4. The number of aryl methyl sites for hydroxylation is 1. The number of rotatable bonds is 4. The predicted octanol–water partition coefficient (Wildman–Crippen LogP) is 5.80. The molecule has 31 heavy (non-hydrogen) atoms. The van der Waals surface area contributed by atoms with Crippen LogP contribution in [-0.4, -0.2) is 30.0 Å². The largest absolute Gasteiger partial charge is 0.433 e. The number of pyridine rings is 1. The van der Waals surface area contributed by atoms with E-state index in [-0.39, 0.29) is 18.0 Å². The number of hydrogen-bond donors (Lipinski definition) is 1. The minimum absolute atomic E-state index is 0.0424. The molecular formula is C23H24F3N3OS. The standard InChI is InChI=1S/C23H24F3N3OS/c1-14-11-12-31-21(14)22(30)27-15-7-9-16(10-8-15)29(2)19-13-20(23(24,25)26)28-18-6-4-3-5-17(18)19/h3-6,11-13,15-16H,7-10H2,1-2H3,(H,27,30). The van der Waals surface area contributed by atoms with Crippen LogP contribution in [0.3, 0.4) is 0 Å². The molecule has 4 rings (SSSR count). The number of benzene rings is 1. The van der Waals surface area contributed by atoms with Crippen LogP contribution in [0.1, 0.15) is 46.6 Å². The van der Waals surface area contributed by atoms with E-state index in [0.717, 1.165) is 42.2 Å². The van der Waals surface area contributed by atoms with E-state index >= 15 is 0 Å². The summed E-state index contributed by atoms with van der Waals surface area (Å²) in [4.78, 5) is 19.0. The van der Waals surface area contributed by atoms with Gasteiger partial charge < -0.3 is 10.2 Å². The highest BCUT2D eigenvalue weighted by Gasteiger charge is 2.34. The Morgan fingerprint density at radius 3 is 2.52 bits per heavy atom. The van der Waals surface area contributed by atoms with E-state index in [2.05, 4.69) is 10.3 Å². The first-order valence-electron chi connectivity index (χ1n) is 10.3. The quantitative estimate of drug-likeness (QED) is 0.550. The number of amides is 1. The second-order valence-electron chi connectivity index (χ2n) is 8.06. The van der Waals surface area contributed by atoms with E-state index in [9.17, 15) is 18.0 Å². The SMILES string of the molecule is Cc1ccsc1C(=O)NC1CCC(N(C)c2cc(C(F)(F)F)nc3ccccc23)CC1. The van der Waals surface area contributed by atoms with Crippen molar-refractivity contribution in [2.45, 2.75) is 50.9 Å². The predicted molar refractivity (Wildman–Crippen MR) is 118 cm³/mol. The Labute approximate surface area is 183 Å². The molecule has 1 N–H and O–H groups in total. The molecule has 1 fully saturated rings. The number of halogens is 3. The molecule has 2 aromatic heterocycles. The first kappa shape index (κ1) is 21.6. The lowest BCUT2D eigenvalue weighted by Crippen LogP contribution is -2.43. The van der Waals surface area contributed by atoms with Crippen molar-refractivity contribution in [1.82, 2.24) is 10.3 Å². The minimum atomic E-state index is -4.50. The topological polar surface area (TPSA) is 45.2 Å². The Hall–Kier alpha value is -2.61. The van der Waals surface area contributed by atoms with Crippen LogP contribution in [0.4, 0.5) is 18.9 Å². The number of carbonyl (C=O) groups excluding carboxylic acids is 1. The maximum atomic E-state index is 13.4. The van der Waals surface area contributed by atoms with Gasteiger partial charge in [0.15, 0.2) is 0 Å². The van der Waals surface area contributed by atoms with Gasteiger partial charge in [0.25, 0.3) is 5.91 Å². The van der Waals surface area contributed by atoms with Crippen molar-refractivity contribution in [1.29, 1.82) is 0 Å². The molecule has 0 bridgehead atoms. The lowest BCUT2D eigenvalue weighted by Gasteiger charge is -2.37. The Morgan fingerprint density at radius 1 is 1.16 bits per heavy atom. The fraction of sp³-hybridized carbons (Fsp3) is 0.391. The highest BCUT2D eigenvalue weighted by molar-refractivity contribution is 7.12. The Morgan fingerprint density at radius 2 is 1.87 bits per heavy atom. The van der Waals surface area contributed by atoms with Gasteiger partial charge in [0, 0.05) is 30.2 Å². The van der Waals surface area contributed by atoms with Crippen LogP contribution in [0.15, 0.2) is 41.8 Å². The maximum absolute atomic E-state index is 13.4. The molecule has 1 aromatic carbocycles. The molecule has 0 unspecified atom stereocenters. The number of aromatic nitrogens is 1. The number of carbonyl (C=O) groups is 1. The van der Waals surface area contributed by atoms with Gasteiger partial charge in [-0.1, -0.05) is 18.2 Å². The first-order valence-corrected chi connectivity index (χ1v) is 11.2. The summed E-state index contributed by atoms with van der Waals surface area (Å²) in [7, 11) is 1.85. The van der Waals surface area contributed by atoms with Crippen molar-refractivity contribution in [3.8, 4) is 0 Å². The van der Waals surface area contributed by atoms with Crippen LogP contribution in [0, 0.1) is 6.92 Å². The Bertz CT molecular complexity index is 1090. The fourth-order valence-electron chi connectivity index (χ4n) is 4.25. The zero-order valence-corrected chi connectivity index (χ0v) is 18.2. The summed E-state index contributed by atoms with van der Waals surface area (Å²) in [6.45, 7) is 1.92. The number of anilines is 1. The highest BCUT2D eigenvalue weighted by Crippen LogP contribution is 2.36. The molecule has 0 radical (unpaired) electrons. The molecule has 0 aliphatic heterocycles. The fourth-order valence-corrected chi connectivity index (χ4v) is 5.08. The van der Waals surface area contributed by atoms with Crippen LogP contribution in [0.25, 0.3) is 10.9 Å². The normalized spacial score (nSPS) is 19.4. The summed E-state index contributed by atoms with van der Waals surface area (Å²) < 4.78 is 40.2. The number of nitrogens with one attached hydrogen (secondary N) is 1. The summed E-state index contributed by atoms with van der Waals surface area (Å²) >= 11 is 1.44. The summed E-state index contributed by atoms with van der Waals surface area (Å²) in [6.07, 6.45) is -1.33. The van der Waals surface area contributed by atoms with Crippen molar-refractivity contribution >= 4 is 33.8 Å². The molecule has 0 atom stereocenters. The van der Waals surface area contributed by atoms with Crippen molar-refractivity contribution in [3.63, 3.8) is 0 Å². The number of para-hydroxylation sites is 1. The second-order valence-corrected chi connectivity index (χ2v) is 8.98.